The van der Waals surface area contributed by atoms with Crippen LogP contribution in [0, 0.1) is 6.92 Å². The molecule has 1 N–H and O–H groups in total. The van der Waals surface area contributed by atoms with E-state index in [-0.39, 0.29) is 11.2 Å². The van der Waals surface area contributed by atoms with Crippen LogP contribution in [0.2, 0.25) is 0 Å². The summed E-state index contributed by atoms with van der Waals surface area (Å²) in [5, 5.41) is 0.714. The number of hydrogen-bond acceptors (Lipinski definition) is 3. The van der Waals surface area contributed by atoms with Crippen LogP contribution in [0.15, 0.2) is 58.3 Å². The van der Waals surface area contributed by atoms with Crippen LogP contribution < -0.4 is 4.90 Å². The average molecular weight is 420 g/mol. The lowest BCUT2D eigenvalue weighted by Crippen LogP contribution is -2.28. The number of halogens is 1. The van der Waals surface area contributed by atoms with Crippen molar-refractivity contribution < 1.29 is 13.0 Å². The third-order valence-corrected chi connectivity index (χ3v) is 6.84. The van der Waals surface area contributed by atoms with Crippen LogP contribution >= 0.6 is 11.6 Å². The van der Waals surface area contributed by atoms with Crippen LogP contribution in [0.4, 0.5) is 5.69 Å². The Hall–Kier alpha value is -1.56. The molecule has 150 valence electrons. The molecule has 0 fully saturated rings. The van der Waals surface area contributed by atoms with Crippen molar-refractivity contribution in [1.29, 1.82) is 0 Å². The Morgan fingerprint density at radius 2 is 2.00 bits per heavy atom. The lowest BCUT2D eigenvalue weighted by atomic mass is 9.82. The minimum Gasteiger partial charge on any atom is -0.344 e. The molecule has 0 saturated heterocycles. The van der Waals surface area contributed by atoms with Gasteiger partial charge in [0.05, 0.1) is 5.75 Å². The second-order valence-electron chi connectivity index (χ2n) is 7.85. The van der Waals surface area contributed by atoms with E-state index in [1.807, 2.05) is 18.2 Å². The van der Waals surface area contributed by atoms with Gasteiger partial charge in [0.25, 0.3) is 10.1 Å². The molecule has 0 aromatic heterocycles. The van der Waals surface area contributed by atoms with Crippen LogP contribution in [-0.4, -0.2) is 25.3 Å². The van der Waals surface area contributed by atoms with E-state index >= 15 is 0 Å². The van der Waals surface area contributed by atoms with Crippen LogP contribution in [0.5, 0.6) is 0 Å². The molecule has 6 heteroatoms. The van der Waals surface area contributed by atoms with Gasteiger partial charge >= 0.3 is 0 Å². The Bertz CT molecular complexity index is 958. The van der Waals surface area contributed by atoms with E-state index in [4.69, 9.17) is 23.1 Å². The number of para-hydroxylation sites is 1. The van der Waals surface area contributed by atoms with Gasteiger partial charge in [-0.3, -0.25) is 4.55 Å². The van der Waals surface area contributed by atoms with Gasteiger partial charge in [0.1, 0.15) is 0 Å². The zero-order chi connectivity index (χ0) is 20.5. The van der Waals surface area contributed by atoms with Gasteiger partial charge in [0.2, 0.25) is 0 Å². The summed E-state index contributed by atoms with van der Waals surface area (Å²) in [6.45, 7) is 10.6. The van der Waals surface area contributed by atoms with Crippen molar-refractivity contribution in [3.05, 3.63) is 70.8 Å². The molecule has 1 aromatic carbocycles. The first-order chi connectivity index (χ1) is 13.1. The largest absolute Gasteiger partial charge is 0.344 e. The number of anilines is 1. The number of fused-ring (bicyclic) bond motifs is 1. The summed E-state index contributed by atoms with van der Waals surface area (Å²) in [7, 11) is -3.98. The highest BCUT2D eigenvalue weighted by atomic mass is 35.5. The zero-order valence-corrected chi connectivity index (χ0v) is 17.9. The highest BCUT2D eigenvalue weighted by Crippen LogP contribution is 2.48. The first-order valence-corrected chi connectivity index (χ1v) is 11.5. The summed E-state index contributed by atoms with van der Waals surface area (Å²) < 4.78 is 31.4. The summed E-state index contributed by atoms with van der Waals surface area (Å²) in [5.74, 6) is -0.261. The summed E-state index contributed by atoms with van der Waals surface area (Å²) in [6, 6.07) is 8.15. The summed E-state index contributed by atoms with van der Waals surface area (Å²) in [5.41, 5.74) is 5.11. The molecule has 2 radical (unpaired) electrons. The lowest BCUT2D eigenvalue weighted by molar-refractivity contribution is 0.481. The lowest BCUT2D eigenvalue weighted by Gasteiger charge is -2.28. The number of nitrogens with zero attached hydrogens (tertiary/aromatic N) is 1. The number of allylic oxidation sites excluding steroid dienone is 6. The van der Waals surface area contributed by atoms with E-state index in [0.29, 0.717) is 18.0 Å². The molecule has 3 rings (SSSR count). The van der Waals surface area contributed by atoms with Gasteiger partial charge in [-0.1, -0.05) is 49.7 Å². The van der Waals surface area contributed by atoms with Crippen molar-refractivity contribution in [1.82, 2.24) is 0 Å². The van der Waals surface area contributed by atoms with Gasteiger partial charge in [-0.15, -0.1) is 0 Å². The first-order valence-electron chi connectivity index (χ1n) is 9.49. The molecule has 28 heavy (non-hydrogen) atoms. The minimum atomic E-state index is -3.98. The molecule has 1 aromatic rings. The van der Waals surface area contributed by atoms with Crippen molar-refractivity contribution >= 4 is 27.4 Å². The molecular weight excluding hydrogens is 394 g/mol. The van der Waals surface area contributed by atoms with Crippen molar-refractivity contribution in [3.8, 4) is 0 Å². The molecular formula is C22H26ClNO3S. The van der Waals surface area contributed by atoms with Gasteiger partial charge in [-0.25, -0.2) is 0 Å². The highest BCUT2D eigenvalue weighted by Gasteiger charge is 2.40. The Labute approximate surface area is 173 Å². The molecule has 0 spiro atoms. The monoisotopic (exact) mass is 419 g/mol. The normalized spacial score (nSPS) is 22.2. The molecule has 0 saturated carbocycles. The minimum absolute atomic E-state index is 0.247. The number of benzene rings is 1. The standard InChI is InChI=1S/C22H26ClNO3S/c1-4-16-9-7-10-17(21(16)23)15-20-22(2,3)18-11-5-6-12-19(18)24(20)13-8-14-28(25,26)27/h1,4-6,11-12,15H,7-10,13-14H2,2-3H3,(H,25,26,27)/b16-4+,20-15-. The molecule has 0 amide bonds. The maximum atomic E-state index is 11.2. The van der Waals surface area contributed by atoms with Gasteiger partial charge < -0.3 is 4.90 Å². The molecule has 0 atom stereocenters. The van der Waals surface area contributed by atoms with E-state index in [0.717, 1.165) is 41.8 Å². The average Bonchev–Trinajstić information content (AvgIpc) is 2.84. The predicted octanol–water partition coefficient (Wildman–Crippen LogP) is 5.26. The molecule has 0 unspecified atom stereocenters. The Balaban J connectivity index is 2.04. The van der Waals surface area contributed by atoms with Crippen LogP contribution in [0.1, 0.15) is 45.1 Å². The van der Waals surface area contributed by atoms with Crippen molar-refractivity contribution in [2.75, 3.05) is 17.2 Å². The SMILES string of the molecule is [CH]/C=C1\CCCC(/C=C2\N(CCCS(=O)(=O)O)c3ccccc3C2(C)C)=C1Cl. The predicted molar refractivity (Wildman–Crippen MR) is 115 cm³/mol. The van der Waals surface area contributed by atoms with E-state index in [9.17, 15) is 8.42 Å². The molecule has 2 aliphatic rings. The fraction of sp³-hybridized carbons (Fsp3) is 0.409. The number of rotatable bonds is 5. The summed E-state index contributed by atoms with van der Waals surface area (Å²) in [4.78, 5) is 2.15. The Morgan fingerprint density at radius 1 is 1.29 bits per heavy atom. The fourth-order valence-corrected chi connectivity index (χ4v) is 4.90. The first kappa shape index (κ1) is 21.2. The van der Waals surface area contributed by atoms with Crippen molar-refractivity contribution in [2.45, 2.75) is 44.9 Å². The molecule has 1 heterocycles. The van der Waals surface area contributed by atoms with E-state index in [1.54, 1.807) is 6.08 Å². The van der Waals surface area contributed by atoms with Gasteiger partial charge in [-0.05, 0) is 61.5 Å². The third kappa shape index (κ3) is 4.22. The third-order valence-electron chi connectivity index (χ3n) is 5.55. The summed E-state index contributed by atoms with van der Waals surface area (Å²) >= 11 is 6.60. The molecule has 4 nitrogen and oxygen atoms in total. The summed E-state index contributed by atoms with van der Waals surface area (Å²) in [6.07, 6.45) is 6.81. The maximum absolute atomic E-state index is 11.2. The number of hydrogen-bond donors (Lipinski definition) is 1. The second kappa shape index (κ2) is 8.05. The smallest absolute Gasteiger partial charge is 0.264 e. The van der Waals surface area contributed by atoms with E-state index < -0.39 is 10.1 Å². The Kier molecular flexibility index (Phi) is 6.08. The van der Waals surface area contributed by atoms with E-state index in [2.05, 4.69) is 30.9 Å². The van der Waals surface area contributed by atoms with Crippen LogP contribution in [-0.2, 0) is 15.5 Å². The molecule has 0 bridgehead atoms. The van der Waals surface area contributed by atoms with Crippen LogP contribution in [0.25, 0.3) is 0 Å². The van der Waals surface area contributed by atoms with Crippen molar-refractivity contribution in [2.24, 2.45) is 0 Å². The Morgan fingerprint density at radius 3 is 2.68 bits per heavy atom. The fourth-order valence-electron chi connectivity index (χ4n) is 4.10. The van der Waals surface area contributed by atoms with Crippen molar-refractivity contribution in [3.63, 3.8) is 0 Å². The van der Waals surface area contributed by atoms with Gasteiger partial charge in [0, 0.05) is 28.4 Å². The maximum Gasteiger partial charge on any atom is 0.264 e. The zero-order valence-electron chi connectivity index (χ0n) is 16.3. The topological polar surface area (TPSA) is 57.6 Å². The molecule has 1 aliphatic heterocycles. The van der Waals surface area contributed by atoms with E-state index in [1.165, 1.54) is 5.56 Å². The van der Waals surface area contributed by atoms with Crippen LogP contribution in [0.3, 0.4) is 0 Å². The quantitative estimate of drug-likeness (QED) is 0.661. The second-order valence-corrected chi connectivity index (χ2v) is 9.80. The highest BCUT2D eigenvalue weighted by molar-refractivity contribution is 7.85. The van der Waals surface area contributed by atoms with Gasteiger partial charge in [-0.2, -0.15) is 8.42 Å². The van der Waals surface area contributed by atoms with Gasteiger partial charge in [0.15, 0.2) is 0 Å². The molecule has 1 aliphatic carbocycles.